The van der Waals surface area contributed by atoms with Crippen molar-refractivity contribution in [2.45, 2.75) is 6.92 Å². The Kier molecular flexibility index (Phi) is 4.51. The quantitative estimate of drug-likeness (QED) is 0.468. The molecule has 0 aliphatic rings. The lowest BCUT2D eigenvalue weighted by Gasteiger charge is -2.14. The van der Waals surface area contributed by atoms with Gasteiger partial charge in [0.2, 0.25) is 5.75 Å². The van der Waals surface area contributed by atoms with Crippen molar-refractivity contribution in [2.24, 2.45) is 0 Å². The second-order valence-corrected chi connectivity index (χ2v) is 5.57. The molecule has 0 radical (unpaired) electrons. The van der Waals surface area contributed by atoms with E-state index in [0.717, 1.165) is 6.07 Å². The summed E-state index contributed by atoms with van der Waals surface area (Å²) in [5.74, 6) is -0.126. The molecule has 6 nitrogen and oxygen atoms in total. The van der Waals surface area contributed by atoms with Crippen LogP contribution in [0.1, 0.15) is 6.92 Å². The summed E-state index contributed by atoms with van der Waals surface area (Å²) >= 11 is 5.63. The Morgan fingerprint density at radius 1 is 1.53 bits per heavy atom. The van der Waals surface area contributed by atoms with Gasteiger partial charge in [-0.15, -0.1) is 0 Å². The molecule has 1 rings (SSSR count). The first-order chi connectivity index (χ1) is 7.85. The van der Waals surface area contributed by atoms with E-state index in [1.807, 2.05) is 0 Å². The van der Waals surface area contributed by atoms with Crippen LogP contribution in [0.5, 0.6) is 5.75 Å². The van der Waals surface area contributed by atoms with Gasteiger partial charge in [-0.1, -0.05) is 11.6 Å². The Balaban J connectivity index is 3.06. The van der Waals surface area contributed by atoms with Gasteiger partial charge >= 0.3 is 13.3 Å². The first-order valence-electron chi connectivity index (χ1n) is 4.71. The fourth-order valence-electron chi connectivity index (χ4n) is 1.15. The van der Waals surface area contributed by atoms with E-state index in [2.05, 4.69) is 0 Å². The largest absolute Gasteiger partial charge is 0.417 e. The molecule has 0 bridgehead atoms. The summed E-state index contributed by atoms with van der Waals surface area (Å²) in [7, 11) is -3.34. The van der Waals surface area contributed by atoms with E-state index in [0.29, 0.717) is 0 Å². The molecular weight excluding hydrogens is 269 g/mol. The van der Waals surface area contributed by atoms with Gasteiger partial charge < -0.3 is 9.05 Å². The average molecular weight is 280 g/mol. The maximum atomic E-state index is 11.7. The Morgan fingerprint density at radius 3 is 2.71 bits per heavy atom. The third kappa shape index (κ3) is 4.00. The minimum Gasteiger partial charge on any atom is -0.417 e. The van der Waals surface area contributed by atoms with E-state index in [-0.39, 0.29) is 23.1 Å². The topological polar surface area (TPSA) is 78.7 Å². The van der Waals surface area contributed by atoms with Gasteiger partial charge in [0, 0.05) is 17.8 Å². The molecule has 8 heteroatoms. The van der Waals surface area contributed by atoms with Gasteiger partial charge in [-0.3, -0.25) is 10.1 Å². The highest BCUT2D eigenvalue weighted by Gasteiger charge is 2.24. The lowest BCUT2D eigenvalue weighted by molar-refractivity contribution is -0.385. The molecule has 0 heterocycles. The van der Waals surface area contributed by atoms with Crippen LogP contribution in [0.2, 0.25) is 5.02 Å². The Morgan fingerprint density at radius 2 is 2.18 bits per heavy atom. The van der Waals surface area contributed by atoms with E-state index in [1.54, 1.807) is 6.92 Å². The zero-order valence-corrected chi connectivity index (χ0v) is 10.9. The Labute approximate surface area is 103 Å². The number of hydrogen-bond donors (Lipinski definition) is 0. The van der Waals surface area contributed by atoms with Crippen molar-refractivity contribution in [2.75, 3.05) is 13.3 Å². The van der Waals surface area contributed by atoms with Crippen LogP contribution in [0.15, 0.2) is 18.2 Å². The molecule has 0 fully saturated rings. The molecule has 0 aliphatic carbocycles. The van der Waals surface area contributed by atoms with Gasteiger partial charge in [-0.25, -0.2) is 4.57 Å². The van der Waals surface area contributed by atoms with Crippen LogP contribution in [-0.4, -0.2) is 18.2 Å². The first kappa shape index (κ1) is 14.0. The minimum atomic E-state index is -3.34. The summed E-state index contributed by atoms with van der Waals surface area (Å²) in [6.45, 7) is 3.08. The van der Waals surface area contributed by atoms with Crippen LogP contribution < -0.4 is 4.52 Å². The molecule has 0 aromatic heterocycles. The van der Waals surface area contributed by atoms with E-state index in [1.165, 1.54) is 18.8 Å². The number of hydrogen-bond acceptors (Lipinski definition) is 5. The van der Waals surface area contributed by atoms with Crippen LogP contribution in [0.4, 0.5) is 5.69 Å². The summed E-state index contributed by atoms with van der Waals surface area (Å²) in [5.41, 5.74) is -0.348. The predicted molar refractivity (Wildman–Crippen MR) is 63.9 cm³/mol. The normalized spacial score (nSPS) is 14.1. The van der Waals surface area contributed by atoms with Gasteiger partial charge in [-0.2, -0.15) is 0 Å². The Hall–Kier alpha value is -1.10. The smallest absolute Gasteiger partial charge is 0.376 e. The zero-order valence-electron chi connectivity index (χ0n) is 9.25. The lowest BCUT2D eigenvalue weighted by atomic mass is 10.3. The summed E-state index contributed by atoms with van der Waals surface area (Å²) in [5, 5.41) is 11.0. The van der Waals surface area contributed by atoms with Crippen molar-refractivity contribution >= 4 is 24.9 Å². The second-order valence-electron chi connectivity index (χ2n) is 3.15. The molecule has 0 spiro atoms. The molecule has 0 N–H and O–H groups in total. The molecule has 1 unspecified atom stereocenters. The van der Waals surface area contributed by atoms with Crippen LogP contribution in [0.25, 0.3) is 0 Å². The van der Waals surface area contributed by atoms with Gasteiger partial charge in [-0.05, 0) is 19.1 Å². The molecule has 94 valence electrons. The maximum Gasteiger partial charge on any atom is 0.376 e. The summed E-state index contributed by atoms with van der Waals surface area (Å²) in [4.78, 5) is 10.1. The number of rotatable bonds is 5. The van der Waals surface area contributed by atoms with E-state index >= 15 is 0 Å². The Bertz CT molecular complexity index is 478. The SMILES string of the molecule is CCOP(C)(=O)Oc1ccc(Cl)cc1[N+](=O)[O-]. The highest BCUT2D eigenvalue weighted by Crippen LogP contribution is 2.47. The number of nitrogens with zero attached hydrogens (tertiary/aromatic N) is 1. The summed E-state index contributed by atoms with van der Waals surface area (Å²) in [6.07, 6.45) is 0. The zero-order chi connectivity index (χ0) is 13.1. The maximum absolute atomic E-state index is 11.7. The number of benzene rings is 1. The van der Waals surface area contributed by atoms with E-state index in [9.17, 15) is 14.7 Å². The molecule has 1 aromatic rings. The fourth-order valence-corrected chi connectivity index (χ4v) is 2.35. The van der Waals surface area contributed by atoms with Crippen LogP contribution in [0.3, 0.4) is 0 Å². The van der Waals surface area contributed by atoms with Crippen LogP contribution in [-0.2, 0) is 9.09 Å². The van der Waals surface area contributed by atoms with E-state index < -0.39 is 12.5 Å². The molecule has 0 amide bonds. The van der Waals surface area contributed by atoms with Gasteiger partial charge in [0.05, 0.1) is 11.5 Å². The molecule has 1 atom stereocenters. The van der Waals surface area contributed by atoms with Gasteiger partial charge in [0.25, 0.3) is 0 Å². The third-order valence-electron chi connectivity index (χ3n) is 1.75. The molecular formula is C9H11ClNO5P. The van der Waals surface area contributed by atoms with Crippen molar-refractivity contribution in [3.05, 3.63) is 33.3 Å². The molecule has 17 heavy (non-hydrogen) atoms. The molecule has 0 aliphatic heterocycles. The predicted octanol–water partition coefficient (Wildman–Crippen LogP) is 3.49. The molecule has 0 saturated heterocycles. The molecule has 0 saturated carbocycles. The standard InChI is InChI=1S/C9H11ClNO5P/c1-3-15-17(2,14)16-9-5-4-7(10)6-8(9)11(12)13/h4-6H,3H2,1-2H3. The lowest BCUT2D eigenvalue weighted by Crippen LogP contribution is -1.99. The molecule has 1 aromatic carbocycles. The third-order valence-corrected chi connectivity index (χ3v) is 3.24. The number of nitro benzene ring substituents is 1. The van der Waals surface area contributed by atoms with Crippen LogP contribution >= 0.6 is 19.2 Å². The van der Waals surface area contributed by atoms with E-state index in [4.69, 9.17) is 20.6 Å². The van der Waals surface area contributed by atoms with Crippen molar-refractivity contribution < 1.29 is 18.5 Å². The minimum absolute atomic E-state index is 0.126. The van der Waals surface area contributed by atoms with Crippen molar-refractivity contribution in [1.29, 1.82) is 0 Å². The van der Waals surface area contributed by atoms with Crippen molar-refractivity contribution in [1.82, 2.24) is 0 Å². The van der Waals surface area contributed by atoms with Crippen molar-refractivity contribution in [3.8, 4) is 5.75 Å². The fraction of sp³-hybridized carbons (Fsp3) is 0.333. The summed E-state index contributed by atoms with van der Waals surface area (Å²) in [6, 6.07) is 3.83. The number of halogens is 1. The average Bonchev–Trinajstić information content (AvgIpc) is 2.20. The highest BCUT2D eigenvalue weighted by atomic mass is 35.5. The first-order valence-corrected chi connectivity index (χ1v) is 7.08. The van der Waals surface area contributed by atoms with Crippen LogP contribution in [0, 0.1) is 10.1 Å². The monoisotopic (exact) mass is 279 g/mol. The summed E-state index contributed by atoms with van der Waals surface area (Å²) < 4.78 is 21.6. The number of nitro groups is 1. The second kappa shape index (κ2) is 5.49. The van der Waals surface area contributed by atoms with Gasteiger partial charge in [0.1, 0.15) is 0 Å². The van der Waals surface area contributed by atoms with Gasteiger partial charge in [0.15, 0.2) is 0 Å². The highest BCUT2D eigenvalue weighted by molar-refractivity contribution is 7.53. The van der Waals surface area contributed by atoms with Crippen molar-refractivity contribution in [3.63, 3.8) is 0 Å².